The van der Waals surface area contributed by atoms with Crippen LogP contribution in [0.2, 0.25) is 0 Å². The maximum Gasteiger partial charge on any atom is 0.302 e. The lowest BCUT2D eigenvalue weighted by Crippen LogP contribution is -2.51. The van der Waals surface area contributed by atoms with E-state index in [2.05, 4.69) is 11.9 Å². The molecule has 14 heavy (non-hydrogen) atoms. The number of nitrogens with one attached hydrogen (secondary N) is 1. The van der Waals surface area contributed by atoms with E-state index >= 15 is 0 Å². The number of nitrogens with two attached hydrogens (primary N) is 1. The van der Waals surface area contributed by atoms with Crippen LogP contribution in [0.5, 0.6) is 0 Å². The summed E-state index contributed by atoms with van der Waals surface area (Å²) in [5, 5.41) is 3.05. The first kappa shape index (κ1) is 13.0. The van der Waals surface area contributed by atoms with E-state index in [0.29, 0.717) is 6.54 Å². The lowest BCUT2D eigenvalue weighted by molar-refractivity contribution is -0.142. The summed E-state index contributed by atoms with van der Waals surface area (Å²) >= 11 is 0. The molecule has 4 heteroatoms. The Bertz CT molecular complexity index is 196. The molecule has 3 N–H and O–H groups in total. The zero-order valence-electron chi connectivity index (χ0n) is 9.22. The van der Waals surface area contributed by atoms with Crippen LogP contribution in [-0.2, 0) is 9.53 Å². The molecule has 1 unspecified atom stereocenters. The second-order valence-electron chi connectivity index (χ2n) is 3.63. The van der Waals surface area contributed by atoms with Gasteiger partial charge in [-0.3, -0.25) is 4.79 Å². The number of hydrogen-bond acceptors (Lipinski definition) is 4. The minimum absolute atomic E-state index is 0.235. The lowest BCUT2D eigenvalue weighted by Gasteiger charge is -2.28. The standard InChI is InChI=1S/C10H20N2O2/c1-5-10(11,6-12-8(2)3)7-14-9(4)13/h12H,2,5-7,11H2,1,3-4H3. The van der Waals surface area contributed by atoms with Crippen molar-refractivity contribution in [2.24, 2.45) is 5.73 Å². The van der Waals surface area contributed by atoms with E-state index in [1.807, 2.05) is 13.8 Å². The summed E-state index contributed by atoms with van der Waals surface area (Å²) < 4.78 is 4.90. The van der Waals surface area contributed by atoms with E-state index in [1.165, 1.54) is 6.92 Å². The fraction of sp³-hybridized carbons (Fsp3) is 0.700. The van der Waals surface area contributed by atoms with E-state index in [0.717, 1.165) is 12.1 Å². The highest BCUT2D eigenvalue weighted by Crippen LogP contribution is 2.06. The van der Waals surface area contributed by atoms with Gasteiger partial charge in [-0.2, -0.15) is 0 Å². The predicted octanol–water partition coefficient (Wildman–Crippen LogP) is 0.780. The van der Waals surface area contributed by atoms with Crippen molar-refractivity contribution < 1.29 is 9.53 Å². The van der Waals surface area contributed by atoms with Crippen molar-refractivity contribution in [2.45, 2.75) is 32.7 Å². The Balaban J connectivity index is 4.03. The first-order valence-electron chi connectivity index (χ1n) is 4.71. The summed E-state index contributed by atoms with van der Waals surface area (Å²) in [4.78, 5) is 10.6. The predicted molar refractivity (Wildman–Crippen MR) is 56.7 cm³/mol. The van der Waals surface area contributed by atoms with Crippen molar-refractivity contribution in [2.75, 3.05) is 13.2 Å². The summed E-state index contributed by atoms with van der Waals surface area (Å²) in [5.74, 6) is -0.302. The van der Waals surface area contributed by atoms with Gasteiger partial charge < -0.3 is 15.8 Å². The molecule has 0 saturated heterocycles. The average molecular weight is 200 g/mol. The van der Waals surface area contributed by atoms with E-state index < -0.39 is 5.54 Å². The van der Waals surface area contributed by atoms with Crippen LogP contribution in [0.25, 0.3) is 0 Å². The molecule has 0 aliphatic rings. The summed E-state index contributed by atoms with van der Waals surface area (Å²) in [6.45, 7) is 9.71. The number of allylic oxidation sites excluding steroid dienone is 1. The third kappa shape index (κ3) is 5.59. The van der Waals surface area contributed by atoms with Crippen LogP contribution in [0.4, 0.5) is 0 Å². The van der Waals surface area contributed by atoms with E-state index in [-0.39, 0.29) is 12.6 Å². The minimum atomic E-state index is -0.509. The van der Waals surface area contributed by atoms with Crippen molar-refractivity contribution >= 4 is 5.97 Å². The molecule has 1 atom stereocenters. The molecule has 0 aromatic carbocycles. The molecule has 0 spiro atoms. The normalized spacial score (nSPS) is 14.3. The van der Waals surface area contributed by atoms with Gasteiger partial charge in [0, 0.05) is 19.2 Å². The van der Waals surface area contributed by atoms with Gasteiger partial charge in [-0.05, 0) is 13.3 Å². The zero-order valence-corrected chi connectivity index (χ0v) is 9.22. The van der Waals surface area contributed by atoms with Crippen LogP contribution in [-0.4, -0.2) is 24.7 Å². The van der Waals surface area contributed by atoms with Gasteiger partial charge in [0.2, 0.25) is 0 Å². The molecule has 0 saturated carbocycles. The second kappa shape index (κ2) is 5.65. The Kier molecular flexibility index (Phi) is 5.23. The zero-order chi connectivity index (χ0) is 11.2. The van der Waals surface area contributed by atoms with Gasteiger partial charge in [0.25, 0.3) is 0 Å². The van der Waals surface area contributed by atoms with Gasteiger partial charge in [-0.15, -0.1) is 0 Å². The van der Waals surface area contributed by atoms with Crippen LogP contribution < -0.4 is 11.1 Å². The maximum atomic E-state index is 10.6. The number of carbonyl (C=O) groups is 1. The molecule has 0 aromatic heterocycles. The SMILES string of the molecule is C=C(C)NCC(N)(CC)COC(C)=O. The Morgan fingerprint density at radius 2 is 2.14 bits per heavy atom. The Morgan fingerprint density at radius 1 is 1.57 bits per heavy atom. The molecule has 0 amide bonds. The molecule has 0 aliphatic heterocycles. The van der Waals surface area contributed by atoms with Crippen molar-refractivity contribution in [3.8, 4) is 0 Å². The van der Waals surface area contributed by atoms with Gasteiger partial charge in [-0.1, -0.05) is 13.5 Å². The Morgan fingerprint density at radius 3 is 2.50 bits per heavy atom. The monoisotopic (exact) mass is 200 g/mol. The van der Waals surface area contributed by atoms with Crippen LogP contribution >= 0.6 is 0 Å². The van der Waals surface area contributed by atoms with Crippen LogP contribution in [0.15, 0.2) is 12.3 Å². The molecule has 0 rings (SSSR count). The fourth-order valence-corrected chi connectivity index (χ4v) is 0.850. The molecule has 0 aromatic rings. The molecule has 82 valence electrons. The molecule has 4 nitrogen and oxygen atoms in total. The van der Waals surface area contributed by atoms with Gasteiger partial charge in [-0.25, -0.2) is 0 Å². The van der Waals surface area contributed by atoms with Crippen molar-refractivity contribution in [3.05, 3.63) is 12.3 Å². The lowest BCUT2D eigenvalue weighted by atomic mass is 9.99. The van der Waals surface area contributed by atoms with Crippen LogP contribution in [0.3, 0.4) is 0 Å². The van der Waals surface area contributed by atoms with Crippen molar-refractivity contribution in [1.29, 1.82) is 0 Å². The third-order valence-electron chi connectivity index (χ3n) is 2.01. The van der Waals surface area contributed by atoms with Crippen molar-refractivity contribution in [3.63, 3.8) is 0 Å². The first-order valence-corrected chi connectivity index (χ1v) is 4.71. The topological polar surface area (TPSA) is 64.3 Å². The summed E-state index contributed by atoms with van der Waals surface area (Å²) in [6, 6.07) is 0. The van der Waals surface area contributed by atoms with Gasteiger partial charge in [0.05, 0.1) is 5.54 Å². The minimum Gasteiger partial charge on any atom is -0.464 e. The number of hydrogen-bond donors (Lipinski definition) is 2. The summed E-state index contributed by atoms with van der Waals surface area (Å²) in [7, 11) is 0. The summed E-state index contributed by atoms with van der Waals surface area (Å²) in [5.41, 5.74) is 6.36. The van der Waals surface area contributed by atoms with Crippen LogP contribution in [0, 0.1) is 0 Å². The fourth-order valence-electron chi connectivity index (χ4n) is 0.850. The molecule has 0 aliphatic carbocycles. The number of esters is 1. The highest BCUT2D eigenvalue weighted by atomic mass is 16.5. The quantitative estimate of drug-likeness (QED) is 0.622. The number of ether oxygens (including phenoxy) is 1. The molecular formula is C10H20N2O2. The van der Waals surface area contributed by atoms with Gasteiger partial charge in [0.1, 0.15) is 6.61 Å². The van der Waals surface area contributed by atoms with E-state index in [1.54, 1.807) is 0 Å². The summed E-state index contributed by atoms with van der Waals surface area (Å²) in [6.07, 6.45) is 0.737. The highest BCUT2D eigenvalue weighted by molar-refractivity contribution is 5.65. The molecule has 0 bridgehead atoms. The Hall–Kier alpha value is -1.03. The van der Waals surface area contributed by atoms with E-state index in [9.17, 15) is 4.79 Å². The first-order chi connectivity index (χ1) is 6.39. The second-order valence-corrected chi connectivity index (χ2v) is 3.63. The van der Waals surface area contributed by atoms with Crippen LogP contribution in [0.1, 0.15) is 27.2 Å². The number of carbonyl (C=O) groups excluding carboxylic acids is 1. The van der Waals surface area contributed by atoms with E-state index in [4.69, 9.17) is 10.5 Å². The maximum absolute atomic E-state index is 10.6. The largest absolute Gasteiger partial charge is 0.464 e. The molecule has 0 heterocycles. The van der Waals surface area contributed by atoms with Gasteiger partial charge >= 0.3 is 5.97 Å². The molecule has 0 radical (unpaired) electrons. The highest BCUT2D eigenvalue weighted by Gasteiger charge is 2.23. The third-order valence-corrected chi connectivity index (χ3v) is 2.01. The average Bonchev–Trinajstić information content (AvgIpc) is 2.11. The Labute approximate surface area is 85.5 Å². The smallest absolute Gasteiger partial charge is 0.302 e. The molecular weight excluding hydrogens is 180 g/mol. The number of rotatable bonds is 6. The van der Waals surface area contributed by atoms with Crippen molar-refractivity contribution in [1.82, 2.24) is 5.32 Å². The van der Waals surface area contributed by atoms with Gasteiger partial charge in [0.15, 0.2) is 0 Å². The molecule has 0 fully saturated rings.